The molecule has 0 amide bonds. The van der Waals surface area contributed by atoms with E-state index in [0.29, 0.717) is 0 Å². The standard InChI is InChI=1S/C11H16N4O/c1-7-12-5-9(14(7)3)11(16)10-6-13-8(2)15(10)4/h5-6,11,16H,1-4H3. The van der Waals surface area contributed by atoms with Crippen molar-refractivity contribution in [3.63, 3.8) is 0 Å². The average Bonchev–Trinajstić information content (AvgIpc) is 2.74. The summed E-state index contributed by atoms with van der Waals surface area (Å²) in [5, 5.41) is 10.3. The fraction of sp³-hybridized carbons (Fsp3) is 0.455. The van der Waals surface area contributed by atoms with Gasteiger partial charge in [-0.05, 0) is 13.8 Å². The quantitative estimate of drug-likeness (QED) is 0.816. The summed E-state index contributed by atoms with van der Waals surface area (Å²) in [6, 6.07) is 0. The Labute approximate surface area is 94.4 Å². The van der Waals surface area contributed by atoms with Crippen LogP contribution in [0.5, 0.6) is 0 Å². The molecule has 0 saturated carbocycles. The Bertz CT molecular complexity index is 466. The highest BCUT2D eigenvalue weighted by atomic mass is 16.3. The molecule has 5 heteroatoms. The van der Waals surface area contributed by atoms with E-state index in [1.807, 2.05) is 37.1 Å². The van der Waals surface area contributed by atoms with E-state index in [1.54, 1.807) is 12.4 Å². The maximum Gasteiger partial charge on any atom is 0.137 e. The number of nitrogens with zero attached hydrogens (tertiary/aromatic N) is 4. The summed E-state index contributed by atoms with van der Waals surface area (Å²) < 4.78 is 3.76. The van der Waals surface area contributed by atoms with Crippen LogP contribution in [-0.4, -0.2) is 24.2 Å². The fourth-order valence-corrected chi connectivity index (χ4v) is 1.70. The first kappa shape index (κ1) is 10.9. The van der Waals surface area contributed by atoms with Gasteiger partial charge in [0.1, 0.15) is 17.8 Å². The molecule has 0 aliphatic rings. The van der Waals surface area contributed by atoms with Crippen molar-refractivity contribution in [3.05, 3.63) is 35.4 Å². The molecule has 2 rings (SSSR count). The minimum atomic E-state index is -0.683. The zero-order valence-electron chi connectivity index (χ0n) is 9.97. The normalized spacial score (nSPS) is 11.4. The topological polar surface area (TPSA) is 55.9 Å². The molecule has 0 unspecified atom stereocenters. The SMILES string of the molecule is Cc1ncc(C(O)c2cnc(C)n2C)n1C. The maximum absolute atomic E-state index is 10.3. The van der Waals surface area contributed by atoms with E-state index < -0.39 is 6.10 Å². The van der Waals surface area contributed by atoms with Crippen LogP contribution >= 0.6 is 0 Å². The van der Waals surface area contributed by atoms with Crippen molar-refractivity contribution in [1.29, 1.82) is 0 Å². The molecule has 2 aromatic heterocycles. The second kappa shape index (κ2) is 3.75. The summed E-state index contributed by atoms with van der Waals surface area (Å²) in [6.45, 7) is 3.81. The van der Waals surface area contributed by atoms with Gasteiger partial charge in [0.25, 0.3) is 0 Å². The van der Waals surface area contributed by atoms with Gasteiger partial charge in [0, 0.05) is 14.1 Å². The zero-order valence-corrected chi connectivity index (χ0v) is 9.97. The van der Waals surface area contributed by atoms with Gasteiger partial charge in [-0.2, -0.15) is 0 Å². The van der Waals surface area contributed by atoms with Crippen molar-refractivity contribution >= 4 is 0 Å². The minimum Gasteiger partial charge on any atom is -0.380 e. The van der Waals surface area contributed by atoms with E-state index >= 15 is 0 Å². The zero-order chi connectivity index (χ0) is 11.9. The molecular weight excluding hydrogens is 204 g/mol. The smallest absolute Gasteiger partial charge is 0.137 e. The Kier molecular flexibility index (Phi) is 2.55. The predicted molar refractivity (Wildman–Crippen MR) is 60.0 cm³/mol. The molecule has 0 saturated heterocycles. The summed E-state index contributed by atoms with van der Waals surface area (Å²) in [5.41, 5.74) is 1.56. The van der Waals surface area contributed by atoms with Gasteiger partial charge >= 0.3 is 0 Å². The van der Waals surface area contributed by atoms with Crippen molar-refractivity contribution in [2.45, 2.75) is 20.0 Å². The molecule has 5 nitrogen and oxygen atoms in total. The van der Waals surface area contributed by atoms with E-state index in [9.17, 15) is 5.11 Å². The average molecular weight is 220 g/mol. The Morgan fingerprint density at radius 1 is 1.00 bits per heavy atom. The Morgan fingerprint density at radius 3 is 1.62 bits per heavy atom. The third kappa shape index (κ3) is 1.53. The summed E-state index contributed by atoms with van der Waals surface area (Å²) in [7, 11) is 3.79. The summed E-state index contributed by atoms with van der Waals surface area (Å²) in [5.74, 6) is 1.76. The summed E-state index contributed by atoms with van der Waals surface area (Å²) in [6.07, 6.45) is 2.71. The van der Waals surface area contributed by atoms with Crippen molar-refractivity contribution in [2.75, 3.05) is 0 Å². The van der Waals surface area contributed by atoms with Gasteiger partial charge in [-0.25, -0.2) is 9.97 Å². The van der Waals surface area contributed by atoms with Crippen LogP contribution in [0.4, 0.5) is 0 Å². The van der Waals surface area contributed by atoms with Crippen molar-refractivity contribution in [1.82, 2.24) is 19.1 Å². The first-order valence-corrected chi connectivity index (χ1v) is 5.17. The number of rotatable bonds is 2. The van der Waals surface area contributed by atoms with Crippen molar-refractivity contribution < 1.29 is 5.11 Å². The highest BCUT2D eigenvalue weighted by Crippen LogP contribution is 2.22. The van der Waals surface area contributed by atoms with Crippen LogP contribution < -0.4 is 0 Å². The molecule has 0 aliphatic carbocycles. The summed E-state index contributed by atoms with van der Waals surface area (Å²) >= 11 is 0. The van der Waals surface area contributed by atoms with Crippen molar-refractivity contribution in [3.8, 4) is 0 Å². The monoisotopic (exact) mass is 220 g/mol. The third-order valence-corrected chi connectivity index (χ3v) is 3.07. The lowest BCUT2D eigenvalue weighted by molar-refractivity contribution is 0.202. The Morgan fingerprint density at radius 2 is 1.38 bits per heavy atom. The van der Waals surface area contributed by atoms with Crippen LogP contribution in [-0.2, 0) is 14.1 Å². The number of aryl methyl sites for hydroxylation is 2. The van der Waals surface area contributed by atoms with Crippen LogP contribution in [0.2, 0.25) is 0 Å². The van der Waals surface area contributed by atoms with Gasteiger partial charge in [-0.1, -0.05) is 0 Å². The van der Waals surface area contributed by atoms with E-state index in [0.717, 1.165) is 23.0 Å². The van der Waals surface area contributed by atoms with E-state index in [1.165, 1.54) is 0 Å². The molecule has 2 heterocycles. The number of hydrogen-bond acceptors (Lipinski definition) is 3. The Balaban J connectivity index is 2.43. The lowest BCUT2D eigenvalue weighted by Crippen LogP contribution is -2.10. The van der Waals surface area contributed by atoms with Gasteiger partial charge < -0.3 is 14.2 Å². The molecule has 0 fully saturated rings. The van der Waals surface area contributed by atoms with Crippen LogP contribution in [0.25, 0.3) is 0 Å². The fourth-order valence-electron chi connectivity index (χ4n) is 1.70. The molecule has 2 aromatic rings. The lowest BCUT2D eigenvalue weighted by Gasteiger charge is -2.12. The minimum absolute atomic E-state index is 0.683. The number of hydrogen-bond donors (Lipinski definition) is 1. The van der Waals surface area contributed by atoms with Gasteiger partial charge in [0.2, 0.25) is 0 Å². The molecular formula is C11H16N4O. The second-order valence-corrected chi connectivity index (χ2v) is 3.98. The number of imidazole rings is 2. The van der Waals surface area contributed by atoms with Gasteiger partial charge in [0.05, 0.1) is 23.8 Å². The van der Waals surface area contributed by atoms with Crippen molar-refractivity contribution in [2.24, 2.45) is 14.1 Å². The van der Waals surface area contributed by atoms with E-state index in [-0.39, 0.29) is 0 Å². The Hall–Kier alpha value is -1.62. The van der Waals surface area contributed by atoms with Crippen LogP contribution in [0.15, 0.2) is 12.4 Å². The van der Waals surface area contributed by atoms with Crippen LogP contribution in [0, 0.1) is 13.8 Å². The molecule has 0 aromatic carbocycles. The number of aliphatic hydroxyl groups is 1. The second-order valence-electron chi connectivity index (χ2n) is 3.98. The molecule has 0 aliphatic heterocycles. The summed E-state index contributed by atoms with van der Waals surface area (Å²) in [4.78, 5) is 8.35. The first-order valence-electron chi connectivity index (χ1n) is 5.17. The molecule has 16 heavy (non-hydrogen) atoms. The molecule has 0 atom stereocenters. The maximum atomic E-state index is 10.3. The molecule has 0 spiro atoms. The molecule has 86 valence electrons. The van der Waals surface area contributed by atoms with Gasteiger partial charge in [0.15, 0.2) is 0 Å². The first-order chi connectivity index (χ1) is 7.52. The lowest BCUT2D eigenvalue weighted by atomic mass is 10.2. The van der Waals surface area contributed by atoms with E-state index in [2.05, 4.69) is 9.97 Å². The van der Waals surface area contributed by atoms with Gasteiger partial charge in [-0.3, -0.25) is 0 Å². The third-order valence-electron chi connectivity index (χ3n) is 3.07. The highest BCUT2D eigenvalue weighted by molar-refractivity contribution is 5.19. The van der Waals surface area contributed by atoms with Crippen LogP contribution in [0.3, 0.4) is 0 Å². The highest BCUT2D eigenvalue weighted by Gasteiger charge is 2.19. The number of aliphatic hydroxyl groups excluding tert-OH is 1. The molecule has 1 N–H and O–H groups in total. The molecule has 0 radical (unpaired) electrons. The molecule has 0 bridgehead atoms. The van der Waals surface area contributed by atoms with Crippen LogP contribution in [0.1, 0.15) is 29.1 Å². The predicted octanol–water partition coefficient (Wildman–Crippen LogP) is 0.852. The number of aromatic nitrogens is 4. The van der Waals surface area contributed by atoms with Gasteiger partial charge in [-0.15, -0.1) is 0 Å². The largest absolute Gasteiger partial charge is 0.380 e. The van der Waals surface area contributed by atoms with E-state index in [4.69, 9.17) is 0 Å².